The minimum absolute atomic E-state index is 0.00298. The highest BCUT2D eigenvalue weighted by atomic mass is 16.6. The Balaban J connectivity index is 2.35. The molecule has 6 unspecified atom stereocenters. The lowest BCUT2D eigenvalue weighted by atomic mass is 10.0. The van der Waals surface area contributed by atoms with Crippen molar-refractivity contribution in [2.45, 2.75) is 116 Å². The molecule has 0 bridgehead atoms. The van der Waals surface area contributed by atoms with Crippen LogP contribution in [0.1, 0.15) is 79.6 Å². The van der Waals surface area contributed by atoms with Gasteiger partial charge >= 0.3 is 0 Å². The van der Waals surface area contributed by atoms with Gasteiger partial charge in [-0.3, -0.25) is 0 Å². The lowest BCUT2D eigenvalue weighted by Crippen LogP contribution is -2.37. The van der Waals surface area contributed by atoms with Crippen LogP contribution in [0.25, 0.3) is 0 Å². The van der Waals surface area contributed by atoms with Crippen LogP contribution in [0.15, 0.2) is 30.3 Å². The van der Waals surface area contributed by atoms with E-state index in [1.165, 1.54) is 25.7 Å². The fourth-order valence-corrected chi connectivity index (χ4v) is 3.60. The van der Waals surface area contributed by atoms with Crippen LogP contribution in [-0.4, -0.2) is 79.9 Å². The van der Waals surface area contributed by atoms with Crippen LogP contribution in [0.5, 0.6) is 5.75 Å². The molecule has 36 heavy (non-hydrogen) atoms. The third-order valence-electron chi connectivity index (χ3n) is 5.96. The fourth-order valence-electron chi connectivity index (χ4n) is 3.60. The second kappa shape index (κ2) is 20.8. The van der Waals surface area contributed by atoms with Gasteiger partial charge in [0.05, 0.1) is 57.5 Å². The maximum Gasteiger partial charge on any atom is 0.127 e. The molecule has 0 aromatic heterocycles. The van der Waals surface area contributed by atoms with Gasteiger partial charge in [-0.2, -0.15) is 0 Å². The third kappa shape index (κ3) is 16.5. The Labute approximate surface area is 219 Å². The highest BCUT2D eigenvalue weighted by molar-refractivity contribution is 5.21. The summed E-state index contributed by atoms with van der Waals surface area (Å²) in [5.41, 5.74) is 0. The molecule has 0 saturated carbocycles. The van der Waals surface area contributed by atoms with Crippen LogP contribution in [-0.2, 0) is 18.9 Å². The normalized spacial score (nSPS) is 16.8. The summed E-state index contributed by atoms with van der Waals surface area (Å²) in [7, 11) is 0. The molecule has 0 aliphatic rings. The molecule has 1 rings (SSSR count). The summed E-state index contributed by atoms with van der Waals surface area (Å²) in [5, 5.41) is 19.9. The number of hydrogen-bond acceptors (Lipinski definition) is 7. The van der Waals surface area contributed by atoms with E-state index in [1.807, 2.05) is 58.0 Å². The minimum atomic E-state index is -0.716. The molecule has 1 aromatic rings. The topological polar surface area (TPSA) is 86.6 Å². The summed E-state index contributed by atoms with van der Waals surface area (Å²) in [6, 6.07) is 9.67. The quantitative estimate of drug-likeness (QED) is 0.196. The van der Waals surface area contributed by atoms with Gasteiger partial charge in [0.15, 0.2) is 0 Å². The van der Waals surface area contributed by atoms with Gasteiger partial charge < -0.3 is 33.9 Å². The average Bonchev–Trinajstić information content (AvgIpc) is 2.89. The summed E-state index contributed by atoms with van der Waals surface area (Å²) in [6.07, 6.45) is 6.42. The van der Waals surface area contributed by atoms with Gasteiger partial charge in [0.2, 0.25) is 0 Å². The smallest absolute Gasteiger partial charge is 0.127 e. The maximum absolute atomic E-state index is 10.9. The Kier molecular flexibility index (Phi) is 19.0. The molecule has 0 amide bonds. The van der Waals surface area contributed by atoms with Gasteiger partial charge in [-0.25, -0.2) is 0 Å². The molecule has 0 spiro atoms. The molecule has 7 heteroatoms. The highest BCUT2D eigenvalue weighted by Crippen LogP contribution is 2.18. The van der Waals surface area contributed by atoms with E-state index in [1.54, 1.807) is 0 Å². The summed E-state index contributed by atoms with van der Waals surface area (Å²) in [5.74, 6) is 0.767. The summed E-state index contributed by atoms with van der Waals surface area (Å²) in [4.78, 5) is 0. The highest BCUT2D eigenvalue weighted by Gasteiger charge is 2.22. The second-order valence-corrected chi connectivity index (χ2v) is 9.85. The van der Waals surface area contributed by atoms with E-state index in [4.69, 9.17) is 28.8 Å². The van der Waals surface area contributed by atoms with Crippen molar-refractivity contribution in [2.75, 3.05) is 33.0 Å². The van der Waals surface area contributed by atoms with Crippen LogP contribution < -0.4 is 4.74 Å². The number of unbranched alkanes of at least 4 members (excludes halogenated alkanes) is 5. The molecular weight excluding hydrogens is 460 g/mol. The van der Waals surface area contributed by atoms with Crippen LogP contribution >= 0.6 is 0 Å². The van der Waals surface area contributed by atoms with Crippen LogP contribution in [0.4, 0.5) is 0 Å². The van der Waals surface area contributed by atoms with Crippen molar-refractivity contribution in [3.05, 3.63) is 30.3 Å². The Morgan fingerprint density at radius 2 is 1.17 bits per heavy atom. The zero-order valence-electron chi connectivity index (χ0n) is 23.3. The number of aliphatic hydroxyl groups excluding tert-OH is 2. The molecule has 0 aliphatic heterocycles. The molecule has 7 nitrogen and oxygen atoms in total. The first-order chi connectivity index (χ1) is 17.3. The van der Waals surface area contributed by atoms with E-state index in [9.17, 15) is 5.11 Å². The number of aliphatic hydroxyl groups is 2. The second-order valence-electron chi connectivity index (χ2n) is 9.85. The lowest BCUT2D eigenvalue weighted by molar-refractivity contribution is -0.101. The number of ether oxygens (including phenoxy) is 5. The molecule has 0 heterocycles. The van der Waals surface area contributed by atoms with E-state index in [-0.39, 0.29) is 43.7 Å². The Bertz CT molecular complexity index is 615. The number of para-hydroxylation sites is 1. The van der Waals surface area contributed by atoms with Gasteiger partial charge in [-0.1, -0.05) is 57.2 Å². The zero-order chi connectivity index (χ0) is 26.6. The van der Waals surface area contributed by atoms with Crippen molar-refractivity contribution in [2.24, 2.45) is 0 Å². The zero-order valence-corrected chi connectivity index (χ0v) is 23.3. The number of rotatable bonds is 23. The molecule has 0 fully saturated rings. The van der Waals surface area contributed by atoms with Crippen molar-refractivity contribution < 1.29 is 33.9 Å². The minimum Gasteiger partial charge on any atom is -0.488 e. The molecule has 6 atom stereocenters. The number of hydrogen-bond donors (Lipinski definition) is 2. The number of benzene rings is 1. The fraction of sp³-hybridized carbons (Fsp3) is 0.793. The molecule has 0 aliphatic carbocycles. The molecule has 1 aromatic carbocycles. The predicted molar refractivity (Wildman–Crippen MR) is 144 cm³/mol. The molecular formula is C29H52O7. The first-order valence-corrected chi connectivity index (χ1v) is 13.8. The molecule has 210 valence electrons. The lowest BCUT2D eigenvalue weighted by Gasteiger charge is -2.26. The Morgan fingerprint density at radius 3 is 1.72 bits per heavy atom. The average molecular weight is 513 g/mol. The molecule has 2 N–H and O–H groups in total. The van der Waals surface area contributed by atoms with Crippen molar-refractivity contribution in [1.29, 1.82) is 0 Å². The standard InChI is InChI=1S/C29H52O7/c1-6-7-8-9-10-14-17-29(36-27-15-12-11-13-16-27)28(31)22-35-26(5)21-34-25(4)20-33-24(3)19-32-23(2)18-30/h11-13,15-16,23-26,28-31H,6-10,14,17-22H2,1-5H3. The van der Waals surface area contributed by atoms with Crippen molar-refractivity contribution in [3.8, 4) is 5.75 Å². The molecule has 0 saturated heterocycles. The monoisotopic (exact) mass is 512 g/mol. The van der Waals surface area contributed by atoms with E-state index < -0.39 is 6.10 Å². The van der Waals surface area contributed by atoms with Crippen molar-refractivity contribution in [1.82, 2.24) is 0 Å². The largest absolute Gasteiger partial charge is 0.488 e. The van der Waals surface area contributed by atoms with E-state index in [2.05, 4.69) is 6.92 Å². The maximum atomic E-state index is 10.9. The van der Waals surface area contributed by atoms with Crippen LogP contribution in [0.2, 0.25) is 0 Å². The van der Waals surface area contributed by atoms with Gasteiger partial charge in [0, 0.05) is 0 Å². The Hall–Kier alpha value is -1.22. The van der Waals surface area contributed by atoms with Gasteiger partial charge in [-0.05, 0) is 52.7 Å². The van der Waals surface area contributed by atoms with Crippen LogP contribution in [0.3, 0.4) is 0 Å². The van der Waals surface area contributed by atoms with E-state index >= 15 is 0 Å². The van der Waals surface area contributed by atoms with Crippen LogP contribution in [0, 0.1) is 0 Å². The first kappa shape index (κ1) is 32.8. The summed E-state index contributed by atoms with van der Waals surface area (Å²) >= 11 is 0. The summed E-state index contributed by atoms with van der Waals surface area (Å²) < 4.78 is 29.1. The molecule has 0 radical (unpaired) electrons. The summed E-state index contributed by atoms with van der Waals surface area (Å²) in [6.45, 7) is 11.3. The SMILES string of the molecule is CCCCCCCCC(Oc1ccccc1)C(O)COC(C)COC(C)COC(C)COC(C)CO. The van der Waals surface area contributed by atoms with E-state index in [0.717, 1.165) is 25.0 Å². The first-order valence-electron chi connectivity index (χ1n) is 13.8. The Morgan fingerprint density at radius 1 is 0.667 bits per heavy atom. The van der Waals surface area contributed by atoms with Gasteiger partial charge in [0.1, 0.15) is 18.0 Å². The van der Waals surface area contributed by atoms with E-state index in [0.29, 0.717) is 19.8 Å². The van der Waals surface area contributed by atoms with Gasteiger partial charge in [-0.15, -0.1) is 0 Å². The predicted octanol–water partition coefficient (Wildman–Crippen LogP) is 5.16. The van der Waals surface area contributed by atoms with Gasteiger partial charge in [0.25, 0.3) is 0 Å². The van der Waals surface area contributed by atoms with Crippen molar-refractivity contribution >= 4 is 0 Å². The van der Waals surface area contributed by atoms with Crippen molar-refractivity contribution in [3.63, 3.8) is 0 Å². The third-order valence-corrected chi connectivity index (χ3v) is 5.96.